The Bertz CT molecular complexity index is 1170. The van der Waals surface area contributed by atoms with Crippen molar-refractivity contribution in [2.45, 2.75) is 6.92 Å². The van der Waals surface area contributed by atoms with Crippen molar-refractivity contribution in [2.24, 2.45) is 0 Å². The van der Waals surface area contributed by atoms with Gasteiger partial charge in [0, 0.05) is 11.4 Å². The zero-order valence-electron chi connectivity index (χ0n) is 16.5. The Morgan fingerprint density at radius 1 is 1.17 bits per heavy atom. The molecule has 4 aromatic rings. The van der Waals surface area contributed by atoms with Gasteiger partial charge in [-0.3, -0.25) is 5.32 Å². The fourth-order valence-electron chi connectivity index (χ4n) is 2.89. The maximum atomic E-state index is 12.6. The number of hydrogen-bond acceptors (Lipinski definition) is 7. The van der Waals surface area contributed by atoms with Gasteiger partial charge in [0.25, 0.3) is 0 Å². The number of nitrogens with zero attached hydrogens (tertiary/aromatic N) is 3. The molecule has 0 spiro atoms. The molecule has 0 aliphatic carbocycles. The van der Waals surface area contributed by atoms with E-state index in [1.807, 2.05) is 18.4 Å². The second-order valence-corrected chi connectivity index (χ2v) is 7.03. The molecule has 10 heteroatoms. The third-order valence-corrected chi connectivity index (χ3v) is 4.99. The number of carbonyl (C=O) groups is 1. The predicted molar refractivity (Wildman–Crippen MR) is 114 cm³/mol. The molecule has 4 rings (SSSR count). The van der Waals surface area contributed by atoms with Crippen LogP contribution in [0.1, 0.15) is 5.69 Å². The summed E-state index contributed by atoms with van der Waals surface area (Å²) in [6, 6.07) is 10.2. The first-order valence-electron chi connectivity index (χ1n) is 8.94. The lowest BCUT2D eigenvalue weighted by atomic mass is 10.2. The standard InChI is InChI=1S/C20H19N5O4S/c1-12-10-17(23-19(26)21-13-6-4-7-16(27-2)18(13)28-3)25(24-12)20-22-14(11-30-20)15-8-5-9-29-15/h4-11H,1-3H3,(H2,21,23,26). The lowest BCUT2D eigenvalue weighted by Gasteiger charge is -2.14. The number of urea groups is 1. The van der Waals surface area contributed by atoms with Gasteiger partial charge in [0.2, 0.25) is 5.13 Å². The molecular formula is C20H19N5O4S. The van der Waals surface area contributed by atoms with Gasteiger partial charge < -0.3 is 19.2 Å². The van der Waals surface area contributed by atoms with Crippen molar-refractivity contribution in [3.05, 3.63) is 53.7 Å². The van der Waals surface area contributed by atoms with Crippen LogP contribution in [0.25, 0.3) is 16.6 Å². The molecule has 0 aliphatic rings. The number of hydrogen-bond donors (Lipinski definition) is 2. The molecule has 0 saturated heterocycles. The fourth-order valence-corrected chi connectivity index (χ4v) is 3.66. The number of carbonyl (C=O) groups excluding carboxylic acids is 1. The average molecular weight is 425 g/mol. The zero-order valence-corrected chi connectivity index (χ0v) is 17.3. The summed E-state index contributed by atoms with van der Waals surface area (Å²) in [5.74, 6) is 2.10. The van der Waals surface area contributed by atoms with Crippen molar-refractivity contribution in [3.8, 4) is 28.1 Å². The summed E-state index contributed by atoms with van der Waals surface area (Å²) in [7, 11) is 3.05. The second-order valence-electron chi connectivity index (χ2n) is 6.20. The number of furan rings is 1. The summed E-state index contributed by atoms with van der Waals surface area (Å²) in [6.45, 7) is 1.84. The van der Waals surface area contributed by atoms with Crippen molar-refractivity contribution in [2.75, 3.05) is 24.9 Å². The number of rotatable bonds is 6. The van der Waals surface area contributed by atoms with Crippen LogP contribution in [-0.4, -0.2) is 35.0 Å². The Kier molecular flexibility index (Phi) is 5.40. The Morgan fingerprint density at radius 3 is 2.77 bits per heavy atom. The van der Waals surface area contributed by atoms with E-state index in [9.17, 15) is 4.79 Å². The zero-order chi connectivity index (χ0) is 21.1. The van der Waals surface area contributed by atoms with Crippen molar-refractivity contribution in [1.29, 1.82) is 0 Å². The lowest BCUT2D eigenvalue weighted by molar-refractivity contribution is 0.262. The van der Waals surface area contributed by atoms with Crippen LogP contribution in [0.3, 0.4) is 0 Å². The lowest BCUT2D eigenvalue weighted by Crippen LogP contribution is -2.21. The number of para-hydroxylation sites is 1. The number of amides is 2. The summed E-state index contributed by atoms with van der Waals surface area (Å²) in [4.78, 5) is 17.2. The molecule has 9 nitrogen and oxygen atoms in total. The summed E-state index contributed by atoms with van der Waals surface area (Å²) in [6.07, 6.45) is 1.59. The largest absolute Gasteiger partial charge is 0.493 e. The third kappa shape index (κ3) is 3.85. The highest BCUT2D eigenvalue weighted by Gasteiger charge is 2.17. The van der Waals surface area contributed by atoms with Crippen LogP contribution in [0.5, 0.6) is 11.5 Å². The number of aromatic nitrogens is 3. The van der Waals surface area contributed by atoms with Crippen LogP contribution in [0.15, 0.2) is 52.5 Å². The highest BCUT2D eigenvalue weighted by atomic mass is 32.1. The molecule has 154 valence electrons. The first kappa shape index (κ1) is 19.5. The Labute approximate surface area is 176 Å². The maximum absolute atomic E-state index is 12.6. The maximum Gasteiger partial charge on any atom is 0.324 e. The molecule has 0 bridgehead atoms. The quantitative estimate of drug-likeness (QED) is 0.469. The molecule has 0 radical (unpaired) electrons. The van der Waals surface area contributed by atoms with E-state index < -0.39 is 6.03 Å². The molecule has 0 atom stereocenters. The van der Waals surface area contributed by atoms with Crippen LogP contribution in [0, 0.1) is 6.92 Å². The minimum Gasteiger partial charge on any atom is -0.493 e. The van der Waals surface area contributed by atoms with Crippen molar-refractivity contribution in [3.63, 3.8) is 0 Å². The number of methoxy groups -OCH3 is 2. The van der Waals surface area contributed by atoms with Gasteiger partial charge in [-0.05, 0) is 31.2 Å². The molecule has 1 aromatic carbocycles. The van der Waals surface area contributed by atoms with E-state index in [2.05, 4.69) is 20.7 Å². The van der Waals surface area contributed by atoms with Crippen LogP contribution < -0.4 is 20.1 Å². The van der Waals surface area contributed by atoms with Gasteiger partial charge in [-0.25, -0.2) is 9.78 Å². The number of nitrogens with one attached hydrogen (secondary N) is 2. The van der Waals surface area contributed by atoms with Crippen LogP contribution in [-0.2, 0) is 0 Å². The molecule has 3 aromatic heterocycles. The average Bonchev–Trinajstić information content (AvgIpc) is 3.48. The second kappa shape index (κ2) is 8.29. The summed E-state index contributed by atoms with van der Waals surface area (Å²) in [5.41, 5.74) is 1.91. The van der Waals surface area contributed by atoms with Crippen molar-refractivity contribution in [1.82, 2.24) is 14.8 Å². The predicted octanol–water partition coefficient (Wildman–Crippen LogP) is 4.56. The molecular weight excluding hydrogens is 406 g/mol. The molecule has 30 heavy (non-hydrogen) atoms. The smallest absolute Gasteiger partial charge is 0.324 e. The van der Waals surface area contributed by atoms with Gasteiger partial charge in [-0.1, -0.05) is 6.07 Å². The SMILES string of the molecule is COc1cccc(NC(=O)Nc2cc(C)nn2-c2nc(-c3ccco3)cs2)c1OC. The topological polar surface area (TPSA) is 103 Å². The first-order valence-corrected chi connectivity index (χ1v) is 9.82. The highest BCUT2D eigenvalue weighted by molar-refractivity contribution is 7.12. The Morgan fingerprint density at radius 2 is 2.03 bits per heavy atom. The van der Waals surface area contributed by atoms with E-state index in [-0.39, 0.29) is 0 Å². The minimum absolute atomic E-state index is 0.433. The summed E-state index contributed by atoms with van der Waals surface area (Å²) < 4.78 is 17.6. The molecule has 0 aliphatic heterocycles. The number of aryl methyl sites for hydroxylation is 1. The number of benzene rings is 1. The number of thiazole rings is 1. The summed E-state index contributed by atoms with van der Waals surface area (Å²) >= 11 is 1.39. The molecule has 3 heterocycles. The minimum atomic E-state index is -0.453. The van der Waals surface area contributed by atoms with Gasteiger partial charge >= 0.3 is 6.03 Å². The molecule has 0 saturated carbocycles. The van der Waals surface area contributed by atoms with Gasteiger partial charge in [0.15, 0.2) is 17.3 Å². The van der Waals surface area contributed by atoms with Gasteiger partial charge in [-0.2, -0.15) is 9.78 Å². The van der Waals surface area contributed by atoms with E-state index in [4.69, 9.17) is 13.9 Å². The van der Waals surface area contributed by atoms with Crippen molar-refractivity contribution >= 4 is 28.9 Å². The monoisotopic (exact) mass is 425 g/mol. The van der Waals surface area contributed by atoms with Gasteiger partial charge in [-0.15, -0.1) is 11.3 Å². The van der Waals surface area contributed by atoms with E-state index in [0.717, 1.165) is 5.69 Å². The molecule has 0 fully saturated rings. The van der Waals surface area contributed by atoms with Gasteiger partial charge in [0.05, 0.1) is 31.9 Å². The van der Waals surface area contributed by atoms with Gasteiger partial charge in [0.1, 0.15) is 11.5 Å². The summed E-state index contributed by atoms with van der Waals surface area (Å²) in [5, 5.41) is 12.5. The molecule has 0 unspecified atom stereocenters. The van der Waals surface area contributed by atoms with E-state index in [0.29, 0.717) is 39.6 Å². The normalized spacial score (nSPS) is 10.6. The Balaban J connectivity index is 1.56. The Hall–Kier alpha value is -3.79. The molecule has 2 N–H and O–H groups in total. The van der Waals surface area contributed by atoms with Crippen LogP contribution in [0.4, 0.5) is 16.3 Å². The number of ether oxygens (including phenoxy) is 2. The van der Waals surface area contributed by atoms with E-state index in [1.165, 1.54) is 25.6 Å². The first-order chi connectivity index (χ1) is 14.6. The van der Waals surface area contributed by atoms with E-state index >= 15 is 0 Å². The number of anilines is 2. The van der Waals surface area contributed by atoms with Crippen LogP contribution in [0.2, 0.25) is 0 Å². The molecule has 2 amide bonds. The third-order valence-electron chi connectivity index (χ3n) is 4.17. The fraction of sp³-hybridized carbons (Fsp3) is 0.150. The van der Waals surface area contributed by atoms with Crippen molar-refractivity contribution < 1.29 is 18.7 Å². The van der Waals surface area contributed by atoms with E-state index in [1.54, 1.807) is 41.3 Å². The van der Waals surface area contributed by atoms with Crippen LogP contribution >= 0.6 is 11.3 Å². The highest BCUT2D eigenvalue weighted by Crippen LogP contribution is 2.35.